The van der Waals surface area contributed by atoms with Crippen molar-refractivity contribution in [3.05, 3.63) is 52.4 Å². The van der Waals surface area contributed by atoms with Gasteiger partial charge in [-0.1, -0.05) is 23.7 Å². The zero-order valence-corrected chi connectivity index (χ0v) is 14.6. The van der Waals surface area contributed by atoms with Gasteiger partial charge in [0.05, 0.1) is 0 Å². The fourth-order valence-electron chi connectivity index (χ4n) is 2.47. The van der Waals surface area contributed by atoms with Gasteiger partial charge in [-0.2, -0.15) is 4.31 Å². The number of thiophene rings is 1. The second kappa shape index (κ2) is 6.60. The van der Waals surface area contributed by atoms with Crippen LogP contribution < -0.4 is 0 Å². The highest BCUT2D eigenvalue weighted by molar-refractivity contribution is 7.91. The van der Waals surface area contributed by atoms with Gasteiger partial charge in [0.2, 0.25) is 0 Å². The zero-order valence-electron chi connectivity index (χ0n) is 12.2. The lowest BCUT2D eigenvalue weighted by Crippen LogP contribution is -2.50. The molecule has 1 amide bonds. The number of benzene rings is 1. The number of amides is 1. The normalized spacial score (nSPS) is 16.5. The highest BCUT2D eigenvalue weighted by Crippen LogP contribution is 2.22. The van der Waals surface area contributed by atoms with Crippen molar-refractivity contribution in [1.29, 1.82) is 0 Å². The smallest absolute Gasteiger partial charge is 0.253 e. The first-order chi connectivity index (χ1) is 11.0. The van der Waals surface area contributed by atoms with Crippen molar-refractivity contribution in [1.82, 2.24) is 9.21 Å². The summed E-state index contributed by atoms with van der Waals surface area (Å²) >= 11 is 7.12. The number of hydrogen-bond acceptors (Lipinski definition) is 4. The molecule has 0 saturated carbocycles. The number of carbonyl (C=O) groups excluding carboxylic acids is 1. The monoisotopic (exact) mass is 370 g/mol. The molecule has 2 aromatic rings. The van der Waals surface area contributed by atoms with E-state index in [0.29, 0.717) is 41.0 Å². The molecule has 1 aromatic carbocycles. The number of sulfonamides is 1. The molecule has 0 bridgehead atoms. The molecule has 23 heavy (non-hydrogen) atoms. The van der Waals surface area contributed by atoms with Crippen LogP contribution in [-0.4, -0.2) is 49.7 Å². The Morgan fingerprint density at radius 2 is 1.83 bits per heavy atom. The molecule has 0 radical (unpaired) electrons. The number of piperazine rings is 1. The first kappa shape index (κ1) is 16.4. The topological polar surface area (TPSA) is 57.7 Å². The average Bonchev–Trinajstić information content (AvgIpc) is 3.09. The summed E-state index contributed by atoms with van der Waals surface area (Å²) in [4.78, 5) is 14.1. The molecule has 0 unspecified atom stereocenters. The summed E-state index contributed by atoms with van der Waals surface area (Å²) in [5, 5.41) is 2.25. The molecule has 3 rings (SSSR count). The van der Waals surface area contributed by atoms with Gasteiger partial charge in [-0.15, -0.1) is 11.3 Å². The van der Waals surface area contributed by atoms with Gasteiger partial charge in [-0.05, 0) is 29.6 Å². The van der Waals surface area contributed by atoms with Gasteiger partial charge in [0, 0.05) is 36.8 Å². The lowest BCUT2D eigenvalue weighted by Gasteiger charge is -2.33. The fraction of sp³-hybridized carbons (Fsp3) is 0.267. The predicted molar refractivity (Wildman–Crippen MR) is 90.4 cm³/mol. The first-order valence-corrected chi connectivity index (χ1v) is 9.77. The van der Waals surface area contributed by atoms with Gasteiger partial charge >= 0.3 is 0 Å². The Kier molecular flexibility index (Phi) is 4.72. The minimum Gasteiger partial charge on any atom is -0.336 e. The Morgan fingerprint density at radius 1 is 1.09 bits per heavy atom. The minimum absolute atomic E-state index is 0.124. The highest BCUT2D eigenvalue weighted by Gasteiger charge is 2.30. The van der Waals surface area contributed by atoms with Crippen LogP contribution in [0.15, 0.2) is 46.0 Å². The Balaban J connectivity index is 1.68. The predicted octanol–water partition coefficient (Wildman–Crippen LogP) is 2.55. The van der Waals surface area contributed by atoms with Crippen LogP contribution >= 0.6 is 22.9 Å². The van der Waals surface area contributed by atoms with Crippen molar-refractivity contribution in [2.24, 2.45) is 0 Å². The Morgan fingerprint density at radius 3 is 2.43 bits per heavy atom. The number of rotatable bonds is 3. The maximum Gasteiger partial charge on any atom is 0.253 e. The minimum atomic E-state index is -3.45. The molecule has 1 aliphatic heterocycles. The van der Waals surface area contributed by atoms with Crippen molar-refractivity contribution in [3.63, 3.8) is 0 Å². The molecule has 122 valence electrons. The summed E-state index contributed by atoms with van der Waals surface area (Å²) < 4.78 is 26.7. The average molecular weight is 371 g/mol. The van der Waals surface area contributed by atoms with E-state index in [-0.39, 0.29) is 5.91 Å². The second-order valence-corrected chi connectivity index (χ2v) is 8.69. The van der Waals surface area contributed by atoms with E-state index in [9.17, 15) is 13.2 Å². The summed E-state index contributed by atoms with van der Waals surface area (Å²) in [6.45, 7) is 1.34. The van der Waals surface area contributed by atoms with Gasteiger partial charge in [0.1, 0.15) is 4.21 Å². The number of nitrogens with zero attached hydrogens (tertiary/aromatic N) is 2. The highest BCUT2D eigenvalue weighted by atomic mass is 35.5. The number of hydrogen-bond donors (Lipinski definition) is 0. The summed E-state index contributed by atoms with van der Waals surface area (Å²) in [5.74, 6) is -0.124. The van der Waals surface area contributed by atoms with E-state index in [4.69, 9.17) is 11.6 Å². The van der Waals surface area contributed by atoms with Crippen LogP contribution in [0.2, 0.25) is 5.02 Å². The molecule has 0 atom stereocenters. The summed E-state index contributed by atoms with van der Waals surface area (Å²) in [7, 11) is -3.45. The fourth-order valence-corrected chi connectivity index (χ4v) is 5.23. The maximum atomic E-state index is 12.5. The maximum absolute atomic E-state index is 12.5. The van der Waals surface area contributed by atoms with Crippen LogP contribution in [0.1, 0.15) is 10.4 Å². The Labute approximate surface area is 144 Å². The lowest BCUT2D eigenvalue weighted by atomic mass is 10.2. The van der Waals surface area contributed by atoms with Crippen LogP contribution in [0, 0.1) is 0 Å². The summed E-state index contributed by atoms with van der Waals surface area (Å²) in [5.41, 5.74) is 0.520. The van der Waals surface area contributed by atoms with Crippen molar-refractivity contribution in [2.45, 2.75) is 4.21 Å². The molecule has 1 saturated heterocycles. The summed E-state index contributed by atoms with van der Waals surface area (Å²) in [6.07, 6.45) is 0. The van der Waals surface area contributed by atoms with Crippen LogP contribution in [0.4, 0.5) is 0 Å². The molecule has 0 spiro atoms. The van der Waals surface area contributed by atoms with E-state index in [1.807, 2.05) is 0 Å². The molecule has 1 aromatic heterocycles. The van der Waals surface area contributed by atoms with E-state index in [2.05, 4.69) is 0 Å². The van der Waals surface area contributed by atoms with Gasteiger partial charge in [0.25, 0.3) is 15.9 Å². The van der Waals surface area contributed by atoms with Crippen LogP contribution in [-0.2, 0) is 10.0 Å². The number of halogens is 1. The Hall–Kier alpha value is -1.41. The molecule has 0 N–H and O–H groups in total. The SMILES string of the molecule is O=C(c1cccc(Cl)c1)N1CCN(S(=O)(=O)c2cccs2)CC1. The van der Waals surface area contributed by atoms with E-state index in [1.54, 1.807) is 46.7 Å². The van der Waals surface area contributed by atoms with Crippen molar-refractivity contribution >= 4 is 38.9 Å². The van der Waals surface area contributed by atoms with Gasteiger partial charge in [-0.25, -0.2) is 8.42 Å². The van der Waals surface area contributed by atoms with E-state index < -0.39 is 10.0 Å². The van der Waals surface area contributed by atoms with Crippen LogP contribution in [0.3, 0.4) is 0 Å². The largest absolute Gasteiger partial charge is 0.336 e. The number of carbonyl (C=O) groups is 1. The van der Waals surface area contributed by atoms with Gasteiger partial charge in [0.15, 0.2) is 0 Å². The van der Waals surface area contributed by atoms with E-state index >= 15 is 0 Å². The Bertz CT molecular complexity index is 798. The van der Waals surface area contributed by atoms with Gasteiger partial charge < -0.3 is 4.90 Å². The van der Waals surface area contributed by atoms with Crippen molar-refractivity contribution in [3.8, 4) is 0 Å². The molecular formula is C15H15ClN2O3S2. The third-order valence-electron chi connectivity index (χ3n) is 3.69. The van der Waals surface area contributed by atoms with Crippen molar-refractivity contribution < 1.29 is 13.2 Å². The molecule has 5 nitrogen and oxygen atoms in total. The molecule has 1 fully saturated rings. The van der Waals surface area contributed by atoms with E-state index in [1.165, 1.54) is 15.6 Å². The van der Waals surface area contributed by atoms with Crippen LogP contribution in [0.25, 0.3) is 0 Å². The van der Waals surface area contributed by atoms with Crippen LogP contribution in [0.5, 0.6) is 0 Å². The van der Waals surface area contributed by atoms with Crippen molar-refractivity contribution in [2.75, 3.05) is 26.2 Å². The molecular weight excluding hydrogens is 356 g/mol. The second-order valence-electron chi connectivity index (χ2n) is 5.14. The summed E-state index contributed by atoms with van der Waals surface area (Å²) in [6, 6.07) is 10.1. The third kappa shape index (κ3) is 3.42. The van der Waals surface area contributed by atoms with Gasteiger partial charge in [-0.3, -0.25) is 4.79 Å². The lowest BCUT2D eigenvalue weighted by molar-refractivity contribution is 0.0698. The zero-order chi connectivity index (χ0) is 16.4. The molecule has 8 heteroatoms. The molecule has 2 heterocycles. The quantitative estimate of drug-likeness (QED) is 0.834. The molecule has 1 aliphatic rings. The molecule has 0 aliphatic carbocycles. The first-order valence-electron chi connectivity index (χ1n) is 7.07. The van der Waals surface area contributed by atoms with E-state index in [0.717, 1.165) is 0 Å². The third-order valence-corrected chi connectivity index (χ3v) is 7.19. The standard InChI is InChI=1S/C15H15ClN2O3S2/c16-13-4-1-3-12(11-13)15(19)17-6-8-18(9-7-17)23(20,21)14-5-2-10-22-14/h1-5,10-11H,6-9H2.